The molecule has 3 heteroatoms. The van der Waals surface area contributed by atoms with Crippen LogP contribution in [0.3, 0.4) is 0 Å². The summed E-state index contributed by atoms with van der Waals surface area (Å²) in [7, 11) is 0. The Morgan fingerprint density at radius 2 is 1.65 bits per heavy atom. The molecule has 1 aliphatic heterocycles. The highest BCUT2D eigenvalue weighted by Crippen LogP contribution is 2.56. The van der Waals surface area contributed by atoms with Crippen molar-refractivity contribution in [3.8, 4) is 0 Å². The summed E-state index contributed by atoms with van der Waals surface area (Å²) in [5.41, 5.74) is 0. The Kier molecular flexibility index (Phi) is 3.49. The van der Waals surface area contributed by atoms with Gasteiger partial charge in [-0.05, 0) is 75.2 Å². The number of rotatable bonds is 2. The molecule has 4 aliphatic carbocycles. The largest absolute Gasteiger partial charge is 0.352 e. The van der Waals surface area contributed by atoms with Crippen LogP contribution < -0.4 is 10.6 Å². The zero-order valence-corrected chi connectivity index (χ0v) is 12.4. The van der Waals surface area contributed by atoms with Gasteiger partial charge in [0.15, 0.2) is 0 Å². The van der Waals surface area contributed by atoms with Crippen molar-refractivity contribution in [3.63, 3.8) is 0 Å². The van der Waals surface area contributed by atoms with Crippen molar-refractivity contribution in [3.05, 3.63) is 0 Å². The highest BCUT2D eigenvalue weighted by Gasteiger charge is 2.50. The van der Waals surface area contributed by atoms with Gasteiger partial charge in [0.1, 0.15) is 0 Å². The molecule has 5 rings (SSSR count). The molecular weight excluding hydrogens is 248 g/mol. The quantitative estimate of drug-likeness (QED) is 0.812. The summed E-state index contributed by atoms with van der Waals surface area (Å²) in [5.74, 6) is 4.09. The average Bonchev–Trinajstić information content (AvgIpc) is 2.66. The number of nitrogens with one attached hydrogen (secondary N) is 2. The Hall–Kier alpha value is -0.570. The monoisotopic (exact) mass is 276 g/mol. The standard InChI is InChI=1S/C17H28N2O/c20-17(19-15-3-1-2-4-18-10-15)16-13-6-11-5-12(8-13)9-14(16)7-11/h11-16,18H,1-10H2,(H,19,20). The van der Waals surface area contributed by atoms with E-state index in [9.17, 15) is 4.79 Å². The van der Waals surface area contributed by atoms with Crippen LogP contribution in [0.4, 0.5) is 0 Å². The van der Waals surface area contributed by atoms with E-state index in [1.165, 1.54) is 44.9 Å². The van der Waals surface area contributed by atoms with Crippen LogP contribution in [0.5, 0.6) is 0 Å². The van der Waals surface area contributed by atoms with Crippen LogP contribution in [-0.2, 0) is 4.79 Å². The van der Waals surface area contributed by atoms with Gasteiger partial charge in [0.2, 0.25) is 5.91 Å². The van der Waals surface area contributed by atoms with E-state index in [-0.39, 0.29) is 0 Å². The summed E-state index contributed by atoms with van der Waals surface area (Å²) < 4.78 is 0. The Labute approximate surface area is 122 Å². The van der Waals surface area contributed by atoms with Crippen molar-refractivity contribution in [1.82, 2.24) is 10.6 Å². The fraction of sp³-hybridized carbons (Fsp3) is 0.941. The number of carbonyl (C=O) groups is 1. The molecule has 0 aromatic carbocycles. The van der Waals surface area contributed by atoms with Crippen LogP contribution in [0.2, 0.25) is 0 Å². The maximum Gasteiger partial charge on any atom is 0.223 e. The number of carbonyl (C=O) groups excluding carboxylic acids is 1. The first-order valence-corrected chi connectivity index (χ1v) is 8.80. The second kappa shape index (κ2) is 5.32. The van der Waals surface area contributed by atoms with Crippen molar-refractivity contribution in [2.75, 3.05) is 13.1 Å². The van der Waals surface area contributed by atoms with E-state index in [0.29, 0.717) is 29.7 Å². The van der Waals surface area contributed by atoms with E-state index in [0.717, 1.165) is 31.3 Å². The van der Waals surface area contributed by atoms with Crippen LogP contribution in [-0.4, -0.2) is 25.0 Å². The molecule has 1 atom stereocenters. The number of amides is 1. The normalized spacial score (nSPS) is 47.0. The van der Waals surface area contributed by atoms with Gasteiger partial charge in [-0.15, -0.1) is 0 Å². The van der Waals surface area contributed by atoms with Gasteiger partial charge in [0.25, 0.3) is 0 Å². The highest BCUT2D eigenvalue weighted by molar-refractivity contribution is 5.80. The average molecular weight is 276 g/mol. The van der Waals surface area contributed by atoms with E-state index >= 15 is 0 Å². The predicted octanol–water partition coefficient (Wildman–Crippen LogP) is 2.32. The van der Waals surface area contributed by atoms with E-state index < -0.39 is 0 Å². The number of hydrogen-bond donors (Lipinski definition) is 2. The molecule has 3 nitrogen and oxygen atoms in total. The third-order valence-electron chi connectivity index (χ3n) is 6.42. The minimum Gasteiger partial charge on any atom is -0.352 e. The summed E-state index contributed by atoms with van der Waals surface area (Å²) in [6.45, 7) is 2.09. The maximum atomic E-state index is 12.8. The topological polar surface area (TPSA) is 41.1 Å². The minimum atomic E-state index is 0.353. The van der Waals surface area contributed by atoms with Crippen LogP contribution >= 0.6 is 0 Å². The second-order valence-corrected chi connectivity index (χ2v) is 7.86. The third kappa shape index (κ3) is 2.38. The Morgan fingerprint density at radius 3 is 2.35 bits per heavy atom. The van der Waals surface area contributed by atoms with Gasteiger partial charge in [-0.3, -0.25) is 4.79 Å². The Bertz CT molecular complexity index is 345. The molecule has 1 unspecified atom stereocenters. The fourth-order valence-corrected chi connectivity index (χ4v) is 5.79. The lowest BCUT2D eigenvalue weighted by Gasteiger charge is -2.53. The molecule has 1 saturated heterocycles. The minimum absolute atomic E-state index is 0.353. The Morgan fingerprint density at radius 1 is 0.950 bits per heavy atom. The second-order valence-electron chi connectivity index (χ2n) is 7.86. The summed E-state index contributed by atoms with van der Waals surface area (Å²) in [4.78, 5) is 12.8. The molecule has 1 heterocycles. The highest BCUT2D eigenvalue weighted by atomic mass is 16.2. The van der Waals surface area contributed by atoms with E-state index in [4.69, 9.17) is 0 Å². The SMILES string of the molecule is O=C(NC1CCCCNC1)C1C2CC3CC(C2)CC1C3. The van der Waals surface area contributed by atoms with Crippen LogP contribution in [0.15, 0.2) is 0 Å². The molecular formula is C17H28N2O. The molecule has 0 spiro atoms. The molecule has 1 amide bonds. The van der Waals surface area contributed by atoms with Crippen molar-refractivity contribution < 1.29 is 4.79 Å². The lowest BCUT2D eigenvalue weighted by atomic mass is 9.51. The predicted molar refractivity (Wildman–Crippen MR) is 79.2 cm³/mol. The van der Waals surface area contributed by atoms with Gasteiger partial charge < -0.3 is 10.6 Å². The van der Waals surface area contributed by atoms with Gasteiger partial charge in [-0.25, -0.2) is 0 Å². The molecule has 0 aromatic rings. The van der Waals surface area contributed by atoms with Crippen LogP contribution in [0.25, 0.3) is 0 Å². The molecule has 5 aliphatic rings. The molecule has 2 N–H and O–H groups in total. The van der Waals surface area contributed by atoms with Gasteiger partial charge in [-0.2, -0.15) is 0 Å². The van der Waals surface area contributed by atoms with Gasteiger partial charge in [0.05, 0.1) is 0 Å². The third-order valence-corrected chi connectivity index (χ3v) is 6.42. The summed E-state index contributed by atoms with van der Waals surface area (Å²) in [6.07, 6.45) is 10.5. The van der Waals surface area contributed by atoms with Gasteiger partial charge in [0, 0.05) is 18.5 Å². The fourth-order valence-electron chi connectivity index (χ4n) is 5.79. The first kappa shape index (κ1) is 13.1. The van der Waals surface area contributed by atoms with Gasteiger partial charge in [-0.1, -0.05) is 6.42 Å². The maximum absolute atomic E-state index is 12.8. The van der Waals surface area contributed by atoms with Crippen molar-refractivity contribution >= 4 is 5.91 Å². The summed E-state index contributed by atoms with van der Waals surface area (Å²) >= 11 is 0. The summed E-state index contributed by atoms with van der Waals surface area (Å²) in [6, 6.07) is 0.377. The lowest BCUT2D eigenvalue weighted by molar-refractivity contribution is -0.138. The molecule has 5 fully saturated rings. The first-order valence-electron chi connectivity index (χ1n) is 8.80. The zero-order chi connectivity index (χ0) is 13.5. The molecule has 0 radical (unpaired) electrons. The van der Waals surface area contributed by atoms with E-state index in [1.807, 2.05) is 0 Å². The molecule has 112 valence electrons. The molecule has 20 heavy (non-hydrogen) atoms. The zero-order valence-electron chi connectivity index (χ0n) is 12.4. The summed E-state index contributed by atoms with van der Waals surface area (Å²) in [5, 5.41) is 6.84. The Balaban J connectivity index is 1.40. The van der Waals surface area contributed by atoms with Crippen molar-refractivity contribution in [2.45, 2.75) is 57.4 Å². The van der Waals surface area contributed by atoms with E-state index in [1.54, 1.807) is 0 Å². The van der Waals surface area contributed by atoms with Crippen LogP contribution in [0, 0.1) is 29.6 Å². The van der Waals surface area contributed by atoms with Crippen LogP contribution in [0.1, 0.15) is 51.4 Å². The molecule has 0 aromatic heterocycles. The van der Waals surface area contributed by atoms with Crippen molar-refractivity contribution in [1.29, 1.82) is 0 Å². The smallest absolute Gasteiger partial charge is 0.223 e. The van der Waals surface area contributed by atoms with E-state index in [2.05, 4.69) is 10.6 Å². The molecule has 4 bridgehead atoms. The molecule has 4 saturated carbocycles. The van der Waals surface area contributed by atoms with Gasteiger partial charge >= 0.3 is 0 Å². The van der Waals surface area contributed by atoms with Crippen molar-refractivity contribution in [2.24, 2.45) is 29.6 Å². The lowest BCUT2D eigenvalue weighted by Crippen LogP contribution is -2.53. The first-order chi connectivity index (χ1) is 9.79. The number of hydrogen-bond acceptors (Lipinski definition) is 2.